The molecule has 11 heteroatoms. The van der Waals surface area contributed by atoms with Crippen LogP contribution in [0.4, 0.5) is 11.6 Å². The van der Waals surface area contributed by atoms with Gasteiger partial charge in [0.25, 0.3) is 15.9 Å². The third kappa shape index (κ3) is 5.41. The molecule has 1 aromatic heterocycles. The Morgan fingerprint density at radius 1 is 0.971 bits per heavy atom. The monoisotopic (exact) mass is 493 g/mol. The highest BCUT2D eigenvalue weighted by atomic mass is 32.2. The normalized spacial score (nSPS) is 11.1. The summed E-state index contributed by atoms with van der Waals surface area (Å²) in [5.74, 6) is 0.958. The fourth-order valence-corrected chi connectivity index (χ4v) is 4.43. The number of hydrogen-bond acceptors (Lipinski definition) is 7. The highest BCUT2D eigenvalue weighted by Crippen LogP contribution is 2.31. The first kappa shape index (κ1) is 23.8. The molecule has 180 valence electrons. The molecule has 0 bridgehead atoms. The minimum Gasteiger partial charge on any atom is -0.497 e. The largest absolute Gasteiger partial charge is 0.497 e. The molecule has 0 saturated heterocycles. The second-order valence-electron chi connectivity index (χ2n) is 7.53. The molecule has 0 aliphatic carbocycles. The number of aromatic amines is 1. The molecule has 0 atom stereocenters. The molecule has 0 radical (unpaired) electrons. The first-order valence-corrected chi connectivity index (χ1v) is 11.9. The van der Waals surface area contributed by atoms with Crippen LogP contribution >= 0.6 is 0 Å². The van der Waals surface area contributed by atoms with E-state index in [1.165, 1.54) is 31.4 Å². The van der Waals surface area contributed by atoms with E-state index in [-0.39, 0.29) is 16.4 Å². The number of aryl methyl sites for hydroxylation is 1. The molecule has 10 nitrogen and oxygen atoms in total. The molecule has 0 spiro atoms. The van der Waals surface area contributed by atoms with E-state index in [1.54, 1.807) is 43.5 Å². The van der Waals surface area contributed by atoms with Crippen LogP contribution in [0.5, 0.6) is 11.5 Å². The third-order valence-electron chi connectivity index (χ3n) is 5.05. The van der Waals surface area contributed by atoms with Crippen LogP contribution < -0.4 is 19.5 Å². The Labute approximate surface area is 202 Å². The summed E-state index contributed by atoms with van der Waals surface area (Å²) in [6.45, 7) is 1.86. The number of hydrogen-bond donors (Lipinski definition) is 3. The van der Waals surface area contributed by atoms with Crippen LogP contribution in [0.25, 0.3) is 11.4 Å². The number of carbonyl (C=O) groups is 1. The number of anilines is 2. The van der Waals surface area contributed by atoms with Crippen molar-refractivity contribution in [3.63, 3.8) is 0 Å². The number of methoxy groups -OCH3 is 2. The van der Waals surface area contributed by atoms with Gasteiger partial charge >= 0.3 is 0 Å². The first-order chi connectivity index (χ1) is 16.8. The smallest absolute Gasteiger partial charge is 0.261 e. The third-order valence-corrected chi connectivity index (χ3v) is 6.43. The Morgan fingerprint density at radius 3 is 2.51 bits per heavy atom. The van der Waals surface area contributed by atoms with Gasteiger partial charge in [0.2, 0.25) is 5.95 Å². The predicted molar refractivity (Wildman–Crippen MR) is 131 cm³/mol. The summed E-state index contributed by atoms with van der Waals surface area (Å²) in [6, 6.07) is 17.9. The van der Waals surface area contributed by atoms with E-state index in [1.807, 2.05) is 13.0 Å². The number of sulfonamides is 1. The number of aromatic nitrogens is 3. The van der Waals surface area contributed by atoms with Crippen LogP contribution in [-0.2, 0) is 10.0 Å². The van der Waals surface area contributed by atoms with Crippen molar-refractivity contribution < 1.29 is 22.7 Å². The van der Waals surface area contributed by atoms with E-state index in [0.717, 1.165) is 5.56 Å². The standard InChI is InChI=1S/C24H23N5O5S/c1-15-6-4-8-17(12-15)29-35(31,32)19-9-5-7-16(13-19)23(30)26-24-25-22(27-28-24)20-11-10-18(33-2)14-21(20)34-3/h4-14,29H,1-3H3,(H2,25,26,27,28,30). The van der Waals surface area contributed by atoms with Crippen LogP contribution in [0.1, 0.15) is 15.9 Å². The summed E-state index contributed by atoms with van der Waals surface area (Å²) in [5.41, 5.74) is 2.10. The van der Waals surface area contributed by atoms with Gasteiger partial charge in [-0.25, -0.2) is 8.42 Å². The van der Waals surface area contributed by atoms with Crippen molar-refractivity contribution in [1.82, 2.24) is 15.2 Å². The maximum atomic E-state index is 12.8. The van der Waals surface area contributed by atoms with Crippen LogP contribution in [0.3, 0.4) is 0 Å². The van der Waals surface area contributed by atoms with Gasteiger partial charge in [0.05, 0.1) is 24.7 Å². The molecule has 0 saturated carbocycles. The lowest BCUT2D eigenvalue weighted by Gasteiger charge is -2.10. The second-order valence-corrected chi connectivity index (χ2v) is 9.21. The summed E-state index contributed by atoms with van der Waals surface area (Å²) in [6.07, 6.45) is 0. The molecule has 4 rings (SSSR count). The van der Waals surface area contributed by atoms with Crippen molar-refractivity contribution in [2.24, 2.45) is 0 Å². The SMILES string of the molecule is COc1ccc(-c2nc(NC(=O)c3cccc(S(=O)(=O)Nc4cccc(C)c4)c3)n[nH]2)c(OC)c1. The van der Waals surface area contributed by atoms with Gasteiger partial charge in [-0.15, -0.1) is 5.10 Å². The molecule has 3 aromatic carbocycles. The highest BCUT2D eigenvalue weighted by molar-refractivity contribution is 7.92. The Bertz CT molecular complexity index is 1480. The molecule has 0 unspecified atom stereocenters. The van der Waals surface area contributed by atoms with E-state index in [4.69, 9.17) is 9.47 Å². The molecule has 4 aromatic rings. The average Bonchev–Trinajstić information content (AvgIpc) is 3.31. The number of benzene rings is 3. The van der Waals surface area contributed by atoms with Crippen molar-refractivity contribution in [3.8, 4) is 22.9 Å². The van der Waals surface area contributed by atoms with E-state index in [2.05, 4.69) is 25.2 Å². The Morgan fingerprint density at radius 2 is 1.77 bits per heavy atom. The maximum Gasteiger partial charge on any atom is 0.261 e. The zero-order chi connectivity index (χ0) is 25.0. The van der Waals surface area contributed by atoms with Crippen LogP contribution in [0, 0.1) is 6.92 Å². The zero-order valence-corrected chi connectivity index (χ0v) is 20.0. The second kappa shape index (κ2) is 9.85. The average molecular weight is 494 g/mol. The summed E-state index contributed by atoms with van der Waals surface area (Å²) in [7, 11) is -0.825. The Hall–Kier alpha value is -4.38. The summed E-state index contributed by atoms with van der Waals surface area (Å²) in [4.78, 5) is 17.0. The van der Waals surface area contributed by atoms with Gasteiger partial charge in [-0.2, -0.15) is 4.98 Å². The topological polar surface area (TPSA) is 135 Å². The highest BCUT2D eigenvalue weighted by Gasteiger charge is 2.18. The molecule has 0 aliphatic rings. The quantitative estimate of drug-likeness (QED) is 0.339. The minimum atomic E-state index is -3.90. The first-order valence-electron chi connectivity index (χ1n) is 10.4. The number of rotatable bonds is 8. The number of ether oxygens (including phenoxy) is 2. The number of H-pyrrole nitrogens is 1. The van der Waals surface area contributed by atoms with Gasteiger partial charge in [-0.3, -0.25) is 19.9 Å². The van der Waals surface area contributed by atoms with Gasteiger partial charge in [0, 0.05) is 17.3 Å². The summed E-state index contributed by atoms with van der Waals surface area (Å²) < 4.78 is 38.7. The van der Waals surface area contributed by atoms with E-state index in [9.17, 15) is 13.2 Å². The van der Waals surface area contributed by atoms with Crippen molar-refractivity contribution in [2.45, 2.75) is 11.8 Å². The summed E-state index contributed by atoms with van der Waals surface area (Å²) >= 11 is 0. The van der Waals surface area contributed by atoms with Crippen molar-refractivity contribution in [2.75, 3.05) is 24.3 Å². The maximum absolute atomic E-state index is 12.8. The number of nitrogens with one attached hydrogen (secondary N) is 3. The minimum absolute atomic E-state index is 0.0222. The van der Waals surface area contributed by atoms with Gasteiger partial charge in [0.1, 0.15) is 11.5 Å². The summed E-state index contributed by atoms with van der Waals surface area (Å²) in [5, 5.41) is 9.35. The van der Waals surface area contributed by atoms with Crippen molar-refractivity contribution >= 4 is 27.6 Å². The zero-order valence-electron chi connectivity index (χ0n) is 19.2. The van der Waals surface area contributed by atoms with Gasteiger partial charge in [0.15, 0.2) is 5.82 Å². The van der Waals surface area contributed by atoms with E-state index < -0.39 is 15.9 Å². The van der Waals surface area contributed by atoms with Crippen molar-refractivity contribution in [1.29, 1.82) is 0 Å². The van der Waals surface area contributed by atoms with Crippen LogP contribution in [0.2, 0.25) is 0 Å². The predicted octanol–water partition coefficient (Wildman–Crippen LogP) is 3.85. The lowest BCUT2D eigenvalue weighted by atomic mass is 10.2. The number of amides is 1. The van der Waals surface area contributed by atoms with E-state index >= 15 is 0 Å². The lowest BCUT2D eigenvalue weighted by molar-refractivity contribution is 0.102. The van der Waals surface area contributed by atoms with Crippen LogP contribution in [-0.4, -0.2) is 43.7 Å². The van der Waals surface area contributed by atoms with Gasteiger partial charge < -0.3 is 9.47 Å². The fraction of sp³-hybridized carbons (Fsp3) is 0.125. The Kier molecular flexibility index (Phi) is 6.69. The molecule has 35 heavy (non-hydrogen) atoms. The van der Waals surface area contributed by atoms with E-state index in [0.29, 0.717) is 28.6 Å². The van der Waals surface area contributed by atoms with Gasteiger partial charge in [-0.1, -0.05) is 18.2 Å². The molecule has 1 amide bonds. The molecular weight excluding hydrogens is 470 g/mol. The lowest BCUT2D eigenvalue weighted by Crippen LogP contribution is -2.16. The molecule has 1 heterocycles. The Balaban J connectivity index is 1.52. The molecule has 0 fully saturated rings. The molecule has 0 aliphatic heterocycles. The fourth-order valence-electron chi connectivity index (χ4n) is 3.33. The van der Waals surface area contributed by atoms with Crippen molar-refractivity contribution in [3.05, 3.63) is 77.9 Å². The molecular formula is C24H23N5O5S. The molecule has 3 N–H and O–H groups in total. The number of nitrogens with zero attached hydrogens (tertiary/aromatic N) is 2. The number of carbonyl (C=O) groups excluding carboxylic acids is 1. The van der Waals surface area contributed by atoms with Gasteiger partial charge in [-0.05, 0) is 55.0 Å². The van der Waals surface area contributed by atoms with Crippen LogP contribution in [0.15, 0.2) is 71.6 Å².